The highest BCUT2D eigenvalue weighted by molar-refractivity contribution is 6.31. The Bertz CT molecular complexity index is 433. The Kier molecular flexibility index (Phi) is 3.27. The molecule has 88 valence electrons. The van der Waals surface area contributed by atoms with Crippen molar-refractivity contribution in [3.63, 3.8) is 0 Å². The van der Waals surface area contributed by atoms with E-state index in [-0.39, 0.29) is 0 Å². The molecule has 0 amide bonds. The van der Waals surface area contributed by atoms with E-state index >= 15 is 0 Å². The molecular weight excluding hydrogens is 251 g/mol. The fourth-order valence-electron chi connectivity index (χ4n) is 1.07. The van der Waals surface area contributed by atoms with Gasteiger partial charge in [-0.1, -0.05) is 11.6 Å². The Morgan fingerprint density at radius 2 is 2.00 bits per heavy atom. The van der Waals surface area contributed by atoms with Crippen molar-refractivity contribution in [3.05, 3.63) is 32.8 Å². The fraction of sp³-hybridized carbons (Fsp3) is 0.250. The van der Waals surface area contributed by atoms with E-state index in [0.717, 1.165) is 7.11 Å². The third-order valence-electron chi connectivity index (χ3n) is 1.77. The first-order chi connectivity index (χ1) is 7.27. The van der Waals surface area contributed by atoms with E-state index in [1.165, 1.54) is 0 Å². The second-order valence-electron chi connectivity index (χ2n) is 2.76. The van der Waals surface area contributed by atoms with Crippen molar-refractivity contribution in [3.8, 4) is 5.75 Å². The molecule has 4 nitrogen and oxygen atoms in total. The molecule has 0 heterocycles. The summed E-state index contributed by atoms with van der Waals surface area (Å²) in [4.78, 5) is 9.61. The minimum absolute atomic E-state index is 0.485. The van der Waals surface area contributed by atoms with Crippen molar-refractivity contribution in [1.29, 1.82) is 0 Å². The predicted octanol–water partition coefficient (Wildman–Crippen LogP) is 3.28. The normalized spacial score (nSPS) is 11.3. The summed E-state index contributed by atoms with van der Waals surface area (Å²) >= 11 is 5.31. The Labute approximate surface area is 92.7 Å². The van der Waals surface area contributed by atoms with Crippen LogP contribution in [0.25, 0.3) is 0 Å². The molecule has 0 aliphatic heterocycles. The van der Waals surface area contributed by atoms with Crippen molar-refractivity contribution in [2.24, 2.45) is 0 Å². The van der Waals surface area contributed by atoms with Crippen LogP contribution in [0.2, 0.25) is 5.02 Å². The number of rotatable bonds is 2. The lowest BCUT2D eigenvalue weighted by molar-refractivity contribution is -0.385. The quantitative estimate of drug-likeness (QED) is 0.602. The second kappa shape index (κ2) is 4.17. The zero-order valence-electron chi connectivity index (χ0n) is 7.84. The number of benzene rings is 1. The molecule has 0 aromatic heterocycles. The molecule has 0 saturated carbocycles. The van der Waals surface area contributed by atoms with Gasteiger partial charge in [0.05, 0.1) is 22.6 Å². The third kappa shape index (κ3) is 2.35. The first-order valence-electron chi connectivity index (χ1n) is 3.86. The van der Waals surface area contributed by atoms with Crippen LogP contribution in [0.5, 0.6) is 5.75 Å². The molecule has 0 unspecified atom stereocenters. The number of nitrogens with zero attached hydrogens (tertiary/aromatic N) is 1. The molecule has 0 N–H and O–H groups in total. The molecule has 0 aliphatic carbocycles. The van der Waals surface area contributed by atoms with Gasteiger partial charge >= 0.3 is 11.9 Å². The molecule has 0 spiro atoms. The summed E-state index contributed by atoms with van der Waals surface area (Å²) in [6.07, 6.45) is -4.68. The highest BCUT2D eigenvalue weighted by Gasteiger charge is 2.35. The van der Waals surface area contributed by atoms with E-state index in [0.29, 0.717) is 12.1 Å². The van der Waals surface area contributed by atoms with Crippen molar-refractivity contribution in [2.75, 3.05) is 7.11 Å². The van der Waals surface area contributed by atoms with Gasteiger partial charge in [0, 0.05) is 12.1 Å². The molecule has 1 aromatic rings. The van der Waals surface area contributed by atoms with Gasteiger partial charge in [-0.3, -0.25) is 10.1 Å². The average Bonchev–Trinajstić information content (AvgIpc) is 2.15. The smallest absolute Gasteiger partial charge is 0.417 e. The first-order valence-corrected chi connectivity index (χ1v) is 4.24. The summed E-state index contributed by atoms with van der Waals surface area (Å²) in [5.41, 5.74) is -1.78. The van der Waals surface area contributed by atoms with E-state index in [4.69, 9.17) is 11.6 Å². The topological polar surface area (TPSA) is 52.4 Å². The van der Waals surface area contributed by atoms with Crippen LogP contribution < -0.4 is 4.74 Å². The van der Waals surface area contributed by atoms with Gasteiger partial charge in [0.25, 0.3) is 0 Å². The summed E-state index contributed by atoms with van der Waals surface area (Å²) in [6, 6.07) is 1.11. The van der Waals surface area contributed by atoms with Crippen molar-refractivity contribution in [1.82, 2.24) is 0 Å². The molecule has 16 heavy (non-hydrogen) atoms. The van der Waals surface area contributed by atoms with Crippen molar-refractivity contribution >= 4 is 17.3 Å². The van der Waals surface area contributed by atoms with Gasteiger partial charge in [-0.15, -0.1) is 0 Å². The number of alkyl halides is 3. The Hall–Kier alpha value is -1.50. The highest BCUT2D eigenvalue weighted by atomic mass is 35.5. The van der Waals surface area contributed by atoms with Crippen LogP contribution in [0.1, 0.15) is 5.56 Å². The van der Waals surface area contributed by atoms with Gasteiger partial charge in [0.2, 0.25) is 0 Å². The molecule has 8 heteroatoms. The van der Waals surface area contributed by atoms with Gasteiger partial charge in [0.15, 0.2) is 5.75 Å². The Balaban J connectivity index is 3.43. The molecule has 0 bridgehead atoms. The molecular formula is C8H5ClF3NO3. The van der Waals surface area contributed by atoms with Gasteiger partial charge in [0.1, 0.15) is 0 Å². The van der Waals surface area contributed by atoms with Crippen LogP contribution in [0, 0.1) is 10.1 Å². The van der Waals surface area contributed by atoms with E-state index in [9.17, 15) is 23.3 Å². The lowest BCUT2D eigenvalue weighted by Crippen LogP contribution is -2.07. The van der Waals surface area contributed by atoms with E-state index < -0.39 is 33.1 Å². The van der Waals surface area contributed by atoms with Gasteiger partial charge < -0.3 is 4.74 Å². The number of ether oxygens (including phenoxy) is 1. The number of hydrogen-bond donors (Lipinski definition) is 0. The van der Waals surface area contributed by atoms with E-state index in [1.54, 1.807) is 0 Å². The summed E-state index contributed by atoms with van der Waals surface area (Å²) < 4.78 is 41.7. The molecule has 0 saturated heterocycles. The zero-order chi connectivity index (χ0) is 12.5. The molecule has 0 radical (unpaired) electrons. The average molecular weight is 256 g/mol. The number of nitro benzene ring substituents is 1. The maximum Gasteiger partial charge on any atom is 0.417 e. The number of halogens is 4. The van der Waals surface area contributed by atoms with Crippen molar-refractivity contribution in [2.45, 2.75) is 6.18 Å². The Morgan fingerprint density at radius 1 is 1.44 bits per heavy atom. The largest absolute Gasteiger partial charge is 0.490 e. The monoisotopic (exact) mass is 255 g/mol. The minimum Gasteiger partial charge on any atom is -0.490 e. The molecule has 1 rings (SSSR count). The maximum absolute atomic E-state index is 12.4. The maximum atomic E-state index is 12.4. The first kappa shape index (κ1) is 12.6. The van der Waals surface area contributed by atoms with Crippen LogP contribution in [0.4, 0.5) is 18.9 Å². The number of hydrogen-bond acceptors (Lipinski definition) is 3. The summed E-state index contributed by atoms with van der Waals surface area (Å²) in [7, 11) is 1.04. The number of methoxy groups -OCH3 is 1. The van der Waals surface area contributed by atoms with Gasteiger partial charge in [-0.2, -0.15) is 13.2 Å². The van der Waals surface area contributed by atoms with E-state index in [1.807, 2.05) is 0 Å². The van der Waals surface area contributed by atoms with Gasteiger partial charge in [-0.05, 0) is 0 Å². The predicted molar refractivity (Wildman–Crippen MR) is 49.7 cm³/mol. The lowest BCUT2D eigenvalue weighted by atomic mass is 10.2. The zero-order valence-corrected chi connectivity index (χ0v) is 8.59. The van der Waals surface area contributed by atoms with Crippen LogP contribution >= 0.6 is 11.6 Å². The summed E-state index contributed by atoms with van der Waals surface area (Å²) in [6.45, 7) is 0. The van der Waals surface area contributed by atoms with Crippen LogP contribution in [-0.2, 0) is 6.18 Å². The fourth-order valence-corrected chi connectivity index (χ4v) is 1.33. The molecule has 0 atom stereocenters. The van der Waals surface area contributed by atoms with Crippen LogP contribution in [-0.4, -0.2) is 12.0 Å². The van der Waals surface area contributed by atoms with E-state index in [2.05, 4.69) is 4.74 Å². The SMILES string of the molecule is COc1cc(C(F)(F)F)c(Cl)cc1[N+](=O)[O-]. The van der Waals surface area contributed by atoms with Crippen LogP contribution in [0.3, 0.4) is 0 Å². The molecule has 0 fully saturated rings. The lowest BCUT2D eigenvalue weighted by Gasteiger charge is -2.10. The van der Waals surface area contributed by atoms with Gasteiger partial charge in [-0.25, -0.2) is 0 Å². The summed E-state index contributed by atoms with van der Waals surface area (Å²) in [5, 5.41) is 9.74. The summed E-state index contributed by atoms with van der Waals surface area (Å²) in [5.74, 6) is -0.485. The Morgan fingerprint density at radius 3 is 2.38 bits per heavy atom. The third-order valence-corrected chi connectivity index (χ3v) is 2.08. The van der Waals surface area contributed by atoms with Crippen molar-refractivity contribution < 1.29 is 22.8 Å². The minimum atomic E-state index is -4.68. The standard InChI is InChI=1S/C8H5ClF3NO3/c1-16-7-2-4(8(10,11)12)5(9)3-6(7)13(14)15/h2-3H,1H3. The molecule has 1 aromatic carbocycles. The van der Waals surface area contributed by atoms with Crippen LogP contribution in [0.15, 0.2) is 12.1 Å². The molecule has 0 aliphatic rings. The second-order valence-corrected chi connectivity index (χ2v) is 3.17. The number of nitro groups is 1. The highest BCUT2D eigenvalue weighted by Crippen LogP contribution is 2.40.